The smallest absolute Gasteiger partial charge is 0.418 e. The number of carbonyl (C=O) groups is 4. The van der Waals surface area contributed by atoms with Gasteiger partial charge in [0.1, 0.15) is 17.4 Å². The predicted molar refractivity (Wildman–Crippen MR) is 135 cm³/mol. The molecule has 2 heterocycles. The van der Waals surface area contributed by atoms with E-state index in [9.17, 15) is 32.3 Å². The normalized spacial score (nSPS) is 19.6. The summed E-state index contributed by atoms with van der Waals surface area (Å²) < 4.78 is 47.1. The highest BCUT2D eigenvalue weighted by Crippen LogP contribution is 2.50. The number of para-hydroxylation sites is 1. The number of halogens is 3. The van der Waals surface area contributed by atoms with Crippen LogP contribution in [0.4, 0.5) is 23.7 Å². The van der Waals surface area contributed by atoms with E-state index in [0.717, 1.165) is 23.9 Å². The predicted octanol–water partition coefficient (Wildman–Crippen LogP) is 4.55. The number of likely N-dealkylation sites (N-methyl/N-ethyl adjacent to an activating group) is 1. The Balaban J connectivity index is 1.88. The molecular formula is C26H24F3N3O5S. The third kappa shape index (κ3) is 4.64. The molecule has 2 aliphatic heterocycles. The van der Waals surface area contributed by atoms with Gasteiger partial charge in [0.2, 0.25) is 5.91 Å². The van der Waals surface area contributed by atoms with Crippen LogP contribution in [0.2, 0.25) is 0 Å². The molecule has 2 aliphatic rings. The lowest BCUT2D eigenvalue weighted by molar-refractivity contribution is -0.137. The molecule has 0 aromatic heterocycles. The second-order valence-electron chi connectivity index (χ2n) is 8.99. The van der Waals surface area contributed by atoms with Gasteiger partial charge in [0, 0.05) is 25.2 Å². The molecule has 2 atom stereocenters. The second-order valence-corrected chi connectivity index (χ2v) is 10.1. The van der Waals surface area contributed by atoms with E-state index in [1.54, 1.807) is 13.0 Å². The van der Waals surface area contributed by atoms with Gasteiger partial charge in [-0.1, -0.05) is 23.9 Å². The molecule has 0 saturated carbocycles. The number of ether oxygens (including phenoxy) is 1. The highest BCUT2D eigenvalue weighted by molar-refractivity contribution is 8.04. The molecule has 0 spiro atoms. The Morgan fingerprint density at radius 2 is 1.84 bits per heavy atom. The number of carbonyl (C=O) groups excluding carboxylic acids is 4. The number of aldehydes is 1. The van der Waals surface area contributed by atoms with Gasteiger partial charge in [-0.15, -0.1) is 0 Å². The van der Waals surface area contributed by atoms with Crippen LogP contribution in [0.15, 0.2) is 52.9 Å². The molecule has 12 heteroatoms. The largest absolute Gasteiger partial charge is 0.496 e. The quantitative estimate of drug-likeness (QED) is 0.494. The number of hydrogen-bond donors (Lipinski definition) is 0. The van der Waals surface area contributed by atoms with E-state index in [0.29, 0.717) is 33.6 Å². The Hall–Kier alpha value is -3.80. The molecule has 0 radical (unpaired) electrons. The molecule has 200 valence electrons. The van der Waals surface area contributed by atoms with Crippen molar-refractivity contribution in [3.63, 3.8) is 0 Å². The van der Waals surface area contributed by atoms with Gasteiger partial charge < -0.3 is 14.5 Å². The van der Waals surface area contributed by atoms with E-state index in [-0.39, 0.29) is 17.4 Å². The molecule has 2 aromatic rings. The van der Waals surface area contributed by atoms with E-state index in [1.165, 1.54) is 55.3 Å². The number of benzene rings is 2. The van der Waals surface area contributed by atoms with Crippen LogP contribution in [0, 0.1) is 5.92 Å². The molecule has 38 heavy (non-hydrogen) atoms. The van der Waals surface area contributed by atoms with Crippen molar-refractivity contribution in [2.75, 3.05) is 26.1 Å². The van der Waals surface area contributed by atoms with Gasteiger partial charge in [-0.2, -0.15) is 13.2 Å². The summed E-state index contributed by atoms with van der Waals surface area (Å²) in [5, 5.41) is -0.896. The summed E-state index contributed by atoms with van der Waals surface area (Å²) in [7, 11) is 4.48. The molecule has 2 aromatic carbocycles. The lowest BCUT2D eigenvalue weighted by atomic mass is 9.94. The minimum Gasteiger partial charge on any atom is -0.496 e. The second kappa shape index (κ2) is 10.2. The van der Waals surface area contributed by atoms with Crippen molar-refractivity contribution in [2.45, 2.75) is 25.0 Å². The molecule has 1 fully saturated rings. The molecule has 0 N–H and O–H groups in total. The van der Waals surface area contributed by atoms with E-state index in [4.69, 9.17) is 4.74 Å². The fraction of sp³-hybridized carbons (Fsp3) is 0.308. The van der Waals surface area contributed by atoms with Crippen LogP contribution in [-0.4, -0.2) is 60.5 Å². The van der Waals surface area contributed by atoms with Gasteiger partial charge >= 0.3 is 12.2 Å². The fourth-order valence-electron chi connectivity index (χ4n) is 4.55. The van der Waals surface area contributed by atoms with E-state index in [1.807, 2.05) is 0 Å². The Morgan fingerprint density at radius 3 is 2.45 bits per heavy atom. The zero-order valence-electron chi connectivity index (χ0n) is 20.9. The van der Waals surface area contributed by atoms with Crippen molar-refractivity contribution in [3.05, 3.63) is 69.6 Å². The number of amides is 4. The van der Waals surface area contributed by atoms with E-state index < -0.39 is 40.7 Å². The SMILES string of the molecule is COc1ccc(C=O)cc1CN1C(=O)N(c2ccccc2C(F)(F)F)C(=O)C2C(C)=C(C(=O)N(C)C)SC21. The standard InChI is InChI=1S/C26H24F3N3O5S/c1-14-20-22(34)32(18-8-6-5-7-17(18)26(27,28)29)25(36)31(24(20)38-21(14)23(35)30(2)3)12-16-11-15(13-33)9-10-19(16)37-4/h5-11,13,20,24H,12H2,1-4H3. The maximum Gasteiger partial charge on any atom is 0.418 e. The van der Waals surface area contributed by atoms with Gasteiger partial charge in [-0.05, 0) is 42.8 Å². The lowest BCUT2D eigenvalue weighted by Crippen LogP contribution is -2.60. The summed E-state index contributed by atoms with van der Waals surface area (Å²) in [6.45, 7) is 1.38. The molecule has 2 unspecified atom stereocenters. The van der Waals surface area contributed by atoms with Gasteiger partial charge in [0.05, 0.1) is 35.7 Å². The van der Waals surface area contributed by atoms with Crippen LogP contribution < -0.4 is 9.64 Å². The minimum absolute atomic E-state index is 0.188. The monoisotopic (exact) mass is 547 g/mol. The molecule has 0 aliphatic carbocycles. The zero-order valence-corrected chi connectivity index (χ0v) is 21.7. The topological polar surface area (TPSA) is 87.2 Å². The summed E-state index contributed by atoms with van der Waals surface area (Å²) in [5.41, 5.74) is -0.665. The molecule has 1 saturated heterocycles. The van der Waals surface area contributed by atoms with Crippen molar-refractivity contribution in [1.29, 1.82) is 0 Å². The van der Waals surface area contributed by atoms with Crippen LogP contribution in [-0.2, 0) is 22.3 Å². The van der Waals surface area contributed by atoms with Crippen LogP contribution in [0.25, 0.3) is 0 Å². The molecular weight excluding hydrogens is 523 g/mol. The number of methoxy groups -OCH3 is 1. The number of hydrogen-bond acceptors (Lipinski definition) is 6. The van der Waals surface area contributed by atoms with Crippen LogP contribution in [0.1, 0.15) is 28.4 Å². The van der Waals surface area contributed by atoms with E-state index >= 15 is 0 Å². The van der Waals surface area contributed by atoms with Crippen LogP contribution in [0.5, 0.6) is 5.75 Å². The fourth-order valence-corrected chi connectivity index (χ4v) is 6.13. The first-order valence-electron chi connectivity index (χ1n) is 11.4. The number of alkyl halides is 3. The van der Waals surface area contributed by atoms with Crippen molar-refractivity contribution >= 4 is 41.6 Å². The summed E-state index contributed by atoms with van der Waals surface area (Å²) in [4.78, 5) is 55.2. The molecule has 0 bridgehead atoms. The average Bonchev–Trinajstić information content (AvgIpc) is 3.22. The lowest BCUT2D eigenvalue weighted by Gasteiger charge is -2.42. The first kappa shape index (κ1) is 27.2. The summed E-state index contributed by atoms with van der Waals surface area (Å²) >= 11 is 1.02. The summed E-state index contributed by atoms with van der Waals surface area (Å²) in [5.74, 6) is -1.97. The highest BCUT2D eigenvalue weighted by atomic mass is 32.2. The average molecular weight is 548 g/mol. The van der Waals surface area contributed by atoms with Gasteiger partial charge in [-0.3, -0.25) is 14.4 Å². The number of rotatable bonds is 6. The van der Waals surface area contributed by atoms with Crippen molar-refractivity contribution in [1.82, 2.24) is 9.80 Å². The Morgan fingerprint density at radius 1 is 1.16 bits per heavy atom. The minimum atomic E-state index is -4.83. The first-order valence-corrected chi connectivity index (χ1v) is 12.3. The number of fused-ring (bicyclic) bond motifs is 1. The Kier molecular flexibility index (Phi) is 7.29. The maximum absolute atomic E-state index is 13.9. The van der Waals surface area contributed by atoms with Gasteiger partial charge in [0.25, 0.3) is 5.91 Å². The summed E-state index contributed by atoms with van der Waals surface area (Å²) in [6.07, 6.45) is -4.22. The van der Waals surface area contributed by atoms with E-state index in [2.05, 4.69) is 0 Å². The number of anilines is 1. The number of nitrogens with zero attached hydrogens (tertiary/aromatic N) is 3. The maximum atomic E-state index is 13.9. The summed E-state index contributed by atoms with van der Waals surface area (Å²) in [6, 6.07) is 7.94. The zero-order chi connectivity index (χ0) is 27.9. The van der Waals surface area contributed by atoms with Gasteiger partial charge in [0.15, 0.2) is 0 Å². The number of thioether (sulfide) groups is 1. The van der Waals surface area contributed by atoms with Gasteiger partial charge in [-0.25, -0.2) is 9.69 Å². The third-order valence-corrected chi connectivity index (χ3v) is 7.91. The van der Waals surface area contributed by atoms with Crippen molar-refractivity contribution < 1.29 is 37.1 Å². The number of urea groups is 1. The first-order chi connectivity index (χ1) is 17.9. The number of imide groups is 1. The van der Waals surface area contributed by atoms with Crippen LogP contribution in [0.3, 0.4) is 0 Å². The van der Waals surface area contributed by atoms with Crippen LogP contribution >= 0.6 is 11.8 Å². The Bertz CT molecular complexity index is 1360. The third-order valence-electron chi connectivity index (χ3n) is 6.41. The molecule has 4 amide bonds. The van der Waals surface area contributed by atoms with Crippen molar-refractivity contribution in [2.24, 2.45) is 5.92 Å². The Labute approximate surface area is 221 Å². The van der Waals surface area contributed by atoms with Crippen molar-refractivity contribution in [3.8, 4) is 5.75 Å². The molecule has 8 nitrogen and oxygen atoms in total. The molecule has 4 rings (SSSR count). The highest BCUT2D eigenvalue weighted by Gasteiger charge is 2.54.